The monoisotopic (exact) mass is 389 g/mol. The number of hydrogen-bond acceptors (Lipinski definition) is 4. The van der Waals surface area contributed by atoms with E-state index in [9.17, 15) is 4.79 Å². The Kier molecular flexibility index (Phi) is 5.03. The minimum atomic E-state index is -0.121. The summed E-state index contributed by atoms with van der Waals surface area (Å²) < 4.78 is 3.92. The van der Waals surface area contributed by atoms with Crippen molar-refractivity contribution in [3.05, 3.63) is 81.6 Å². The number of rotatable bonds is 3. The number of nitrogens with two attached hydrogens (primary N) is 2. The Morgan fingerprint density at radius 1 is 1.17 bits per heavy atom. The van der Waals surface area contributed by atoms with Gasteiger partial charge in [0.25, 0.3) is 5.56 Å². The van der Waals surface area contributed by atoms with Crippen LogP contribution in [-0.2, 0) is 20.0 Å². The third-order valence-corrected chi connectivity index (χ3v) is 5.55. The maximum atomic E-state index is 12.8. The highest BCUT2D eigenvalue weighted by Crippen LogP contribution is 2.29. The lowest BCUT2D eigenvalue weighted by molar-refractivity contribution is 0.677. The molecule has 0 bridgehead atoms. The van der Waals surface area contributed by atoms with Crippen LogP contribution in [0, 0.1) is 0 Å². The number of nitrogens with one attached hydrogen (secondary N) is 1. The molecule has 0 saturated heterocycles. The van der Waals surface area contributed by atoms with E-state index < -0.39 is 0 Å². The predicted octanol–water partition coefficient (Wildman–Crippen LogP) is 2.53. The highest BCUT2D eigenvalue weighted by atomic mass is 16.1. The van der Waals surface area contributed by atoms with Crippen LogP contribution in [-0.4, -0.2) is 15.7 Å². The molecule has 1 aliphatic rings. The van der Waals surface area contributed by atoms with Crippen molar-refractivity contribution in [1.29, 1.82) is 0 Å². The Balaban J connectivity index is 1.75. The van der Waals surface area contributed by atoms with E-state index in [-0.39, 0.29) is 5.56 Å². The van der Waals surface area contributed by atoms with Gasteiger partial charge in [-0.3, -0.25) is 9.36 Å². The lowest BCUT2D eigenvalue weighted by atomic mass is 10.1. The first kappa shape index (κ1) is 19.1. The van der Waals surface area contributed by atoms with Gasteiger partial charge in [0, 0.05) is 53.9 Å². The summed E-state index contributed by atoms with van der Waals surface area (Å²) in [7, 11) is 2.11. The summed E-state index contributed by atoms with van der Waals surface area (Å²) in [5.74, 6) is 0. The van der Waals surface area contributed by atoms with Gasteiger partial charge in [-0.1, -0.05) is 6.07 Å². The number of aromatic nitrogens is 2. The Labute approximate surface area is 170 Å². The average molecular weight is 390 g/mol. The number of hydrogen-bond donors (Lipinski definition) is 3. The molecule has 0 atom stereocenters. The fraction of sp³-hybridized carbons (Fsp3) is 0.261. The third-order valence-electron chi connectivity index (χ3n) is 5.55. The van der Waals surface area contributed by atoms with Crippen molar-refractivity contribution in [2.75, 3.05) is 6.54 Å². The molecule has 0 saturated carbocycles. The zero-order chi connectivity index (χ0) is 20.5. The molecule has 0 fully saturated rings. The van der Waals surface area contributed by atoms with Gasteiger partial charge in [0.2, 0.25) is 0 Å². The Hall–Kier alpha value is -3.25. The molecule has 1 aliphatic heterocycles. The summed E-state index contributed by atoms with van der Waals surface area (Å²) in [5, 5.41) is 4.75. The van der Waals surface area contributed by atoms with Crippen LogP contribution >= 0.6 is 0 Å². The van der Waals surface area contributed by atoms with Crippen LogP contribution in [0.15, 0.2) is 59.2 Å². The lowest BCUT2D eigenvalue weighted by Gasteiger charge is -2.09. The molecular weight excluding hydrogens is 362 g/mol. The van der Waals surface area contributed by atoms with Crippen LogP contribution in [0.4, 0.5) is 0 Å². The van der Waals surface area contributed by atoms with E-state index in [1.54, 1.807) is 35.9 Å². The highest BCUT2D eigenvalue weighted by molar-refractivity contribution is 5.87. The molecule has 6 nitrogen and oxygen atoms in total. The van der Waals surface area contributed by atoms with Crippen LogP contribution in [0.2, 0.25) is 0 Å². The molecule has 4 rings (SSSR count). The molecule has 0 spiro atoms. The zero-order valence-corrected chi connectivity index (χ0v) is 16.9. The summed E-state index contributed by atoms with van der Waals surface area (Å²) in [5.41, 5.74) is 18.2. The minimum absolute atomic E-state index is 0.121. The van der Waals surface area contributed by atoms with Gasteiger partial charge in [-0.25, -0.2) is 0 Å². The van der Waals surface area contributed by atoms with Crippen molar-refractivity contribution >= 4 is 16.6 Å². The Bertz CT molecular complexity index is 1190. The molecule has 0 amide bonds. The molecule has 2 aromatic heterocycles. The van der Waals surface area contributed by atoms with Crippen molar-refractivity contribution in [1.82, 2.24) is 14.5 Å². The molecule has 150 valence electrons. The van der Waals surface area contributed by atoms with Gasteiger partial charge in [-0.05, 0) is 62.2 Å². The molecule has 29 heavy (non-hydrogen) atoms. The molecule has 0 radical (unpaired) electrons. The van der Waals surface area contributed by atoms with Crippen LogP contribution in [0.25, 0.3) is 22.3 Å². The van der Waals surface area contributed by atoms with Crippen molar-refractivity contribution in [3.8, 4) is 5.69 Å². The molecule has 5 N–H and O–H groups in total. The van der Waals surface area contributed by atoms with E-state index in [2.05, 4.69) is 29.1 Å². The largest absolute Gasteiger partial charge is 0.402 e. The first-order valence-electron chi connectivity index (χ1n) is 9.89. The number of nitrogens with zero attached hydrogens (tertiary/aromatic N) is 2. The summed E-state index contributed by atoms with van der Waals surface area (Å²) in [6, 6.07) is 9.63. The van der Waals surface area contributed by atoms with Crippen LogP contribution < -0.4 is 22.3 Å². The molecule has 3 aromatic rings. The van der Waals surface area contributed by atoms with E-state index >= 15 is 0 Å². The van der Waals surface area contributed by atoms with E-state index in [1.165, 1.54) is 16.6 Å². The summed E-state index contributed by atoms with van der Waals surface area (Å²) >= 11 is 0. The number of pyridine rings is 1. The smallest absolute Gasteiger partial charge is 0.255 e. The quantitative estimate of drug-likeness (QED) is 0.601. The highest BCUT2D eigenvalue weighted by Gasteiger charge is 2.17. The normalized spacial score (nSPS) is 15.4. The summed E-state index contributed by atoms with van der Waals surface area (Å²) in [6.45, 7) is 3.73. The summed E-state index contributed by atoms with van der Waals surface area (Å²) in [6.07, 6.45) is 7.42. The maximum absolute atomic E-state index is 12.8. The molecule has 1 aromatic carbocycles. The van der Waals surface area contributed by atoms with Crippen LogP contribution in [0.3, 0.4) is 0 Å². The zero-order valence-electron chi connectivity index (χ0n) is 16.9. The van der Waals surface area contributed by atoms with E-state index in [1.807, 2.05) is 12.1 Å². The van der Waals surface area contributed by atoms with Gasteiger partial charge >= 0.3 is 0 Å². The average Bonchev–Trinajstić information content (AvgIpc) is 2.87. The second-order valence-electron chi connectivity index (χ2n) is 7.62. The van der Waals surface area contributed by atoms with E-state index in [0.29, 0.717) is 17.0 Å². The second-order valence-corrected chi connectivity index (χ2v) is 7.62. The van der Waals surface area contributed by atoms with Crippen LogP contribution in [0.5, 0.6) is 0 Å². The fourth-order valence-corrected chi connectivity index (χ4v) is 4.01. The van der Waals surface area contributed by atoms with Crippen molar-refractivity contribution in [3.63, 3.8) is 0 Å². The molecule has 3 heterocycles. The Morgan fingerprint density at radius 3 is 2.76 bits per heavy atom. The topological polar surface area (TPSA) is 91.0 Å². The van der Waals surface area contributed by atoms with Gasteiger partial charge in [0.1, 0.15) is 0 Å². The SMILES string of the molecule is C/C(N)=C/C=C(\N)c1ccn(-c2ccc3c4c(n(C)c3c2)CCCNC4)c(=O)c1. The van der Waals surface area contributed by atoms with Crippen molar-refractivity contribution in [2.24, 2.45) is 18.5 Å². The van der Waals surface area contributed by atoms with Gasteiger partial charge < -0.3 is 21.4 Å². The third kappa shape index (κ3) is 3.59. The second kappa shape index (κ2) is 7.64. The number of fused-ring (bicyclic) bond motifs is 3. The lowest BCUT2D eigenvalue weighted by Crippen LogP contribution is -2.18. The van der Waals surface area contributed by atoms with Gasteiger partial charge in [-0.2, -0.15) is 0 Å². The fourth-order valence-electron chi connectivity index (χ4n) is 4.01. The van der Waals surface area contributed by atoms with Gasteiger partial charge in [0.15, 0.2) is 0 Å². The molecule has 0 aliphatic carbocycles. The first-order chi connectivity index (χ1) is 14.0. The molecule has 6 heteroatoms. The Morgan fingerprint density at radius 2 is 2.00 bits per heavy atom. The molecular formula is C23H27N5O. The van der Waals surface area contributed by atoms with E-state index in [4.69, 9.17) is 11.5 Å². The standard InChI is InChI=1S/C23H27N5O/c1-15(24)5-8-20(25)16-9-11-28(23(29)12-16)17-6-7-18-19-14-26-10-3-4-21(19)27(2)22(18)13-17/h5-9,11-13,26H,3-4,10,14,24-25H2,1-2H3/b15-5-,20-8-. The van der Waals surface area contributed by atoms with E-state index in [0.717, 1.165) is 37.1 Å². The van der Waals surface area contributed by atoms with Crippen LogP contribution in [0.1, 0.15) is 30.2 Å². The van der Waals surface area contributed by atoms with Crippen molar-refractivity contribution in [2.45, 2.75) is 26.3 Å². The minimum Gasteiger partial charge on any atom is -0.402 e. The number of benzene rings is 1. The van der Waals surface area contributed by atoms with Gasteiger partial charge in [-0.15, -0.1) is 0 Å². The maximum Gasteiger partial charge on any atom is 0.255 e. The van der Waals surface area contributed by atoms with Gasteiger partial charge in [0.05, 0.1) is 11.2 Å². The number of aryl methyl sites for hydroxylation is 1. The first-order valence-corrected chi connectivity index (χ1v) is 9.89. The predicted molar refractivity (Wildman–Crippen MR) is 119 cm³/mol. The van der Waals surface area contributed by atoms with Crippen molar-refractivity contribution < 1.29 is 0 Å². The summed E-state index contributed by atoms with van der Waals surface area (Å²) in [4.78, 5) is 12.8. The molecule has 0 unspecified atom stereocenters. The number of allylic oxidation sites excluding steroid dienone is 3.